The van der Waals surface area contributed by atoms with Gasteiger partial charge in [-0.05, 0) is 19.4 Å². The highest BCUT2D eigenvalue weighted by Crippen LogP contribution is 2.27. The molecule has 0 saturated carbocycles. The lowest BCUT2D eigenvalue weighted by molar-refractivity contribution is -0.144. The number of amides is 2. The van der Waals surface area contributed by atoms with Crippen LogP contribution in [0.15, 0.2) is 0 Å². The van der Waals surface area contributed by atoms with E-state index in [1.54, 1.807) is 16.7 Å². The first-order chi connectivity index (χ1) is 9.39. The summed E-state index contributed by atoms with van der Waals surface area (Å²) in [6.07, 6.45) is 2.11. The van der Waals surface area contributed by atoms with Gasteiger partial charge in [-0.25, -0.2) is 0 Å². The zero-order valence-electron chi connectivity index (χ0n) is 12.6. The van der Waals surface area contributed by atoms with E-state index in [9.17, 15) is 9.59 Å². The van der Waals surface area contributed by atoms with Crippen LogP contribution >= 0.6 is 11.8 Å². The van der Waals surface area contributed by atoms with E-state index in [4.69, 9.17) is 0 Å². The third-order valence-corrected chi connectivity index (χ3v) is 4.74. The predicted molar refractivity (Wildman–Crippen MR) is 81.4 cm³/mol. The van der Waals surface area contributed by atoms with E-state index in [0.717, 1.165) is 25.9 Å². The molecule has 2 saturated heterocycles. The molecular weight excluding hydrogens is 274 g/mol. The summed E-state index contributed by atoms with van der Waals surface area (Å²) in [5.41, 5.74) is -0.435. The fraction of sp³-hybridized carbons (Fsp3) is 0.857. The molecule has 2 amide bonds. The number of hydrogen-bond donors (Lipinski definition) is 2. The number of piperidine rings is 1. The Morgan fingerprint density at radius 3 is 2.70 bits per heavy atom. The van der Waals surface area contributed by atoms with Gasteiger partial charge in [-0.2, -0.15) is 0 Å². The van der Waals surface area contributed by atoms with Crippen molar-refractivity contribution in [1.29, 1.82) is 0 Å². The molecule has 2 rings (SSSR count). The summed E-state index contributed by atoms with van der Waals surface area (Å²) < 4.78 is 0. The Morgan fingerprint density at radius 1 is 1.35 bits per heavy atom. The molecule has 5 nitrogen and oxygen atoms in total. The molecule has 2 unspecified atom stereocenters. The van der Waals surface area contributed by atoms with Crippen LogP contribution in [0.25, 0.3) is 0 Å². The minimum atomic E-state index is -0.435. The molecule has 2 aliphatic rings. The lowest BCUT2D eigenvalue weighted by Crippen LogP contribution is -2.54. The lowest BCUT2D eigenvalue weighted by Gasteiger charge is -2.31. The molecule has 2 aliphatic heterocycles. The van der Waals surface area contributed by atoms with Gasteiger partial charge < -0.3 is 15.5 Å². The smallest absolute Gasteiger partial charge is 0.243 e. The van der Waals surface area contributed by atoms with E-state index in [-0.39, 0.29) is 23.9 Å². The van der Waals surface area contributed by atoms with Crippen LogP contribution in [0.5, 0.6) is 0 Å². The molecule has 2 fully saturated rings. The van der Waals surface area contributed by atoms with E-state index >= 15 is 0 Å². The molecule has 0 radical (unpaired) electrons. The summed E-state index contributed by atoms with van der Waals surface area (Å²) >= 11 is 1.65. The summed E-state index contributed by atoms with van der Waals surface area (Å²) in [4.78, 5) is 26.5. The van der Waals surface area contributed by atoms with E-state index in [1.807, 2.05) is 20.8 Å². The second-order valence-corrected chi connectivity index (χ2v) is 7.59. The molecule has 2 N–H and O–H groups in total. The normalized spacial score (nSPS) is 27.4. The molecule has 114 valence electrons. The highest BCUT2D eigenvalue weighted by Gasteiger charge is 2.39. The Kier molecular flexibility index (Phi) is 4.96. The van der Waals surface area contributed by atoms with Gasteiger partial charge in [0.15, 0.2) is 0 Å². The van der Waals surface area contributed by atoms with Gasteiger partial charge in [0.2, 0.25) is 11.8 Å². The van der Waals surface area contributed by atoms with E-state index in [1.165, 1.54) is 0 Å². The zero-order chi connectivity index (χ0) is 14.8. The van der Waals surface area contributed by atoms with Gasteiger partial charge in [0.1, 0.15) is 6.04 Å². The molecule has 6 heteroatoms. The van der Waals surface area contributed by atoms with Gasteiger partial charge in [-0.3, -0.25) is 9.59 Å². The minimum Gasteiger partial charge on any atom is -0.350 e. The van der Waals surface area contributed by atoms with Crippen LogP contribution in [-0.2, 0) is 9.59 Å². The average molecular weight is 299 g/mol. The van der Waals surface area contributed by atoms with Crippen LogP contribution in [-0.4, -0.2) is 53.5 Å². The molecule has 0 aromatic heterocycles. The number of carbonyl (C=O) groups is 2. The summed E-state index contributed by atoms with van der Waals surface area (Å²) in [6.45, 7) is 7.56. The van der Waals surface area contributed by atoms with Crippen molar-refractivity contribution in [3.63, 3.8) is 0 Å². The molecule has 2 heterocycles. The van der Waals surface area contributed by atoms with Crippen LogP contribution in [0.2, 0.25) is 0 Å². The van der Waals surface area contributed by atoms with Crippen molar-refractivity contribution >= 4 is 23.6 Å². The fourth-order valence-electron chi connectivity index (χ4n) is 2.56. The first-order valence-corrected chi connectivity index (χ1v) is 8.45. The van der Waals surface area contributed by atoms with E-state index in [2.05, 4.69) is 10.6 Å². The molecule has 0 aromatic rings. The largest absolute Gasteiger partial charge is 0.350 e. The molecule has 0 bridgehead atoms. The van der Waals surface area contributed by atoms with Crippen molar-refractivity contribution in [2.75, 3.05) is 24.7 Å². The van der Waals surface area contributed by atoms with Crippen molar-refractivity contribution in [3.8, 4) is 0 Å². The topological polar surface area (TPSA) is 61.4 Å². The molecule has 0 spiro atoms. The zero-order valence-corrected chi connectivity index (χ0v) is 13.4. The van der Waals surface area contributed by atoms with E-state index in [0.29, 0.717) is 11.6 Å². The van der Waals surface area contributed by atoms with Crippen LogP contribution < -0.4 is 10.6 Å². The van der Waals surface area contributed by atoms with E-state index < -0.39 is 5.41 Å². The Balaban J connectivity index is 1.95. The van der Waals surface area contributed by atoms with Crippen LogP contribution in [0, 0.1) is 5.41 Å². The number of carbonyl (C=O) groups excluding carboxylic acids is 2. The van der Waals surface area contributed by atoms with Gasteiger partial charge in [-0.1, -0.05) is 20.8 Å². The predicted octanol–water partition coefficient (Wildman–Crippen LogP) is 0.802. The van der Waals surface area contributed by atoms with Crippen molar-refractivity contribution < 1.29 is 9.59 Å². The second kappa shape index (κ2) is 6.35. The third kappa shape index (κ3) is 3.67. The highest BCUT2D eigenvalue weighted by atomic mass is 32.2. The summed E-state index contributed by atoms with van der Waals surface area (Å²) in [7, 11) is 0. The number of hydrogen-bond acceptors (Lipinski definition) is 4. The number of nitrogens with one attached hydrogen (secondary N) is 2. The fourth-order valence-corrected chi connectivity index (χ4v) is 3.72. The van der Waals surface area contributed by atoms with Gasteiger partial charge in [0.25, 0.3) is 0 Å². The summed E-state index contributed by atoms with van der Waals surface area (Å²) in [6, 6.07) is -0.109. The second-order valence-electron chi connectivity index (χ2n) is 6.59. The van der Waals surface area contributed by atoms with Crippen molar-refractivity contribution in [1.82, 2.24) is 15.5 Å². The van der Waals surface area contributed by atoms with Gasteiger partial charge in [0, 0.05) is 23.8 Å². The Morgan fingerprint density at radius 2 is 2.10 bits per heavy atom. The Hall–Kier alpha value is -0.750. The molecule has 20 heavy (non-hydrogen) atoms. The number of rotatable bonds is 2. The summed E-state index contributed by atoms with van der Waals surface area (Å²) in [5, 5.41) is 6.38. The monoisotopic (exact) mass is 299 g/mol. The SMILES string of the molecule is CC(C)(C)C(=O)N1CSCC1C(=O)NC1CCCNC1. The van der Waals surface area contributed by atoms with Crippen LogP contribution in [0.3, 0.4) is 0 Å². The van der Waals surface area contributed by atoms with Crippen molar-refractivity contribution in [3.05, 3.63) is 0 Å². The standard InChI is InChI=1S/C14H25N3O2S/c1-14(2,3)13(19)17-9-20-8-11(17)12(18)16-10-5-4-6-15-7-10/h10-11,15H,4-9H2,1-3H3,(H,16,18). The molecule has 2 atom stereocenters. The first-order valence-electron chi connectivity index (χ1n) is 7.29. The maximum absolute atomic E-state index is 12.4. The molecular formula is C14H25N3O2S. The number of thioether (sulfide) groups is 1. The first kappa shape index (κ1) is 15.6. The molecule has 0 aliphatic carbocycles. The van der Waals surface area contributed by atoms with Crippen molar-refractivity contribution in [2.45, 2.75) is 45.7 Å². The maximum Gasteiger partial charge on any atom is 0.243 e. The van der Waals surface area contributed by atoms with Gasteiger partial charge >= 0.3 is 0 Å². The van der Waals surface area contributed by atoms with Crippen LogP contribution in [0.4, 0.5) is 0 Å². The van der Waals surface area contributed by atoms with Crippen molar-refractivity contribution in [2.24, 2.45) is 5.41 Å². The maximum atomic E-state index is 12.4. The average Bonchev–Trinajstić information content (AvgIpc) is 2.87. The third-order valence-electron chi connectivity index (χ3n) is 3.73. The minimum absolute atomic E-state index is 0.00120. The number of nitrogens with zero attached hydrogens (tertiary/aromatic N) is 1. The summed E-state index contributed by atoms with van der Waals surface area (Å²) in [5.74, 6) is 1.39. The van der Waals surface area contributed by atoms with Gasteiger partial charge in [-0.15, -0.1) is 11.8 Å². The lowest BCUT2D eigenvalue weighted by atomic mass is 9.94. The molecule has 0 aromatic carbocycles. The highest BCUT2D eigenvalue weighted by molar-refractivity contribution is 7.99. The Bertz CT molecular complexity index is 375. The Labute approximate surface area is 125 Å². The van der Waals surface area contributed by atoms with Crippen LogP contribution in [0.1, 0.15) is 33.6 Å². The van der Waals surface area contributed by atoms with Gasteiger partial charge in [0.05, 0.1) is 5.88 Å². The quantitative estimate of drug-likeness (QED) is 0.792.